The molecule has 18 heavy (non-hydrogen) atoms. The smallest absolute Gasteiger partial charge is 0.123 e. The summed E-state index contributed by atoms with van der Waals surface area (Å²) in [5.74, 6) is 0.935. The highest BCUT2D eigenvalue weighted by atomic mass is 16.5. The number of hydrogen-bond donors (Lipinski definition) is 2. The molecule has 0 aliphatic carbocycles. The van der Waals surface area contributed by atoms with Gasteiger partial charge >= 0.3 is 0 Å². The van der Waals surface area contributed by atoms with Crippen LogP contribution in [0.25, 0.3) is 0 Å². The molecule has 0 radical (unpaired) electrons. The number of benzene rings is 1. The quantitative estimate of drug-likeness (QED) is 0.652. The van der Waals surface area contributed by atoms with Gasteiger partial charge in [0.2, 0.25) is 0 Å². The fourth-order valence-electron chi connectivity index (χ4n) is 1.70. The number of rotatable bonds is 9. The molecule has 0 heterocycles. The molecule has 2 N–H and O–H groups in total. The van der Waals surface area contributed by atoms with Crippen molar-refractivity contribution in [2.45, 2.75) is 19.5 Å². The number of methoxy groups -OCH3 is 2. The third kappa shape index (κ3) is 5.49. The summed E-state index contributed by atoms with van der Waals surface area (Å²) in [4.78, 5) is 0. The van der Waals surface area contributed by atoms with E-state index in [1.807, 2.05) is 18.2 Å². The van der Waals surface area contributed by atoms with Gasteiger partial charge < -0.3 is 20.1 Å². The largest absolute Gasteiger partial charge is 0.496 e. The van der Waals surface area contributed by atoms with Crippen molar-refractivity contribution in [1.29, 1.82) is 0 Å². The Morgan fingerprint density at radius 2 is 2.00 bits per heavy atom. The summed E-state index contributed by atoms with van der Waals surface area (Å²) in [5, 5.41) is 6.80. The zero-order chi connectivity index (χ0) is 13.2. The van der Waals surface area contributed by atoms with E-state index in [0.29, 0.717) is 6.04 Å². The molecule has 0 fully saturated rings. The lowest BCUT2D eigenvalue weighted by Crippen LogP contribution is -2.37. The number of hydrogen-bond acceptors (Lipinski definition) is 4. The van der Waals surface area contributed by atoms with Gasteiger partial charge in [-0.2, -0.15) is 0 Å². The summed E-state index contributed by atoms with van der Waals surface area (Å²) in [6, 6.07) is 8.49. The summed E-state index contributed by atoms with van der Waals surface area (Å²) in [6.07, 6.45) is 0. The molecule has 0 saturated heterocycles. The Hall–Kier alpha value is -1.10. The van der Waals surface area contributed by atoms with Crippen molar-refractivity contribution in [2.24, 2.45) is 0 Å². The van der Waals surface area contributed by atoms with Crippen molar-refractivity contribution in [1.82, 2.24) is 10.6 Å². The first-order valence-electron chi connectivity index (χ1n) is 6.33. The zero-order valence-corrected chi connectivity index (χ0v) is 11.5. The van der Waals surface area contributed by atoms with Crippen molar-refractivity contribution < 1.29 is 9.47 Å². The molecule has 0 spiro atoms. The molecule has 102 valence electrons. The van der Waals surface area contributed by atoms with Crippen LogP contribution >= 0.6 is 0 Å². The lowest BCUT2D eigenvalue weighted by Gasteiger charge is -2.16. The maximum absolute atomic E-state index is 5.32. The Morgan fingerprint density at radius 1 is 1.22 bits per heavy atom. The maximum atomic E-state index is 5.32. The van der Waals surface area contributed by atoms with Crippen LogP contribution in [0.3, 0.4) is 0 Å². The van der Waals surface area contributed by atoms with Gasteiger partial charge in [0.15, 0.2) is 0 Å². The van der Waals surface area contributed by atoms with Crippen LogP contribution in [-0.2, 0) is 11.3 Å². The fraction of sp³-hybridized carbons (Fsp3) is 0.571. The van der Waals surface area contributed by atoms with Gasteiger partial charge in [-0.15, -0.1) is 0 Å². The van der Waals surface area contributed by atoms with Gasteiger partial charge in [-0.1, -0.05) is 18.2 Å². The summed E-state index contributed by atoms with van der Waals surface area (Å²) in [7, 11) is 3.42. The van der Waals surface area contributed by atoms with Gasteiger partial charge in [-0.3, -0.25) is 0 Å². The maximum Gasteiger partial charge on any atom is 0.123 e. The second-order valence-electron chi connectivity index (χ2n) is 4.29. The van der Waals surface area contributed by atoms with E-state index < -0.39 is 0 Å². The Morgan fingerprint density at radius 3 is 2.72 bits per heavy atom. The number of ether oxygens (including phenoxy) is 2. The van der Waals surface area contributed by atoms with Gasteiger partial charge in [-0.25, -0.2) is 0 Å². The number of nitrogens with one attached hydrogen (secondary N) is 2. The van der Waals surface area contributed by atoms with Gasteiger partial charge in [0.25, 0.3) is 0 Å². The van der Waals surface area contributed by atoms with E-state index >= 15 is 0 Å². The van der Waals surface area contributed by atoms with Gasteiger partial charge in [-0.05, 0) is 13.0 Å². The molecule has 0 saturated carbocycles. The molecule has 0 aliphatic heterocycles. The van der Waals surface area contributed by atoms with Crippen molar-refractivity contribution in [3.05, 3.63) is 29.8 Å². The zero-order valence-electron chi connectivity index (χ0n) is 11.5. The SMILES string of the molecule is COCCNCC(C)NCc1ccccc1OC. The van der Waals surface area contributed by atoms with Crippen LogP contribution in [0.15, 0.2) is 24.3 Å². The Kier molecular flexibility index (Phi) is 7.41. The highest BCUT2D eigenvalue weighted by Crippen LogP contribution is 2.16. The molecule has 1 atom stereocenters. The van der Waals surface area contributed by atoms with Gasteiger partial charge in [0, 0.05) is 38.3 Å². The van der Waals surface area contributed by atoms with E-state index in [2.05, 4.69) is 23.6 Å². The predicted molar refractivity (Wildman–Crippen MR) is 74.0 cm³/mol. The average molecular weight is 252 g/mol. The normalized spacial score (nSPS) is 12.4. The minimum Gasteiger partial charge on any atom is -0.496 e. The molecule has 1 aromatic carbocycles. The Balaban J connectivity index is 2.26. The molecular formula is C14H24N2O2. The summed E-state index contributed by atoms with van der Waals surface area (Å²) in [5.41, 5.74) is 1.18. The van der Waals surface area contributed by atoms with E-state index in [4.69, 9.17) is 9.47 Å². The van der Waals surface area contributed by atoms with E-state index in [9.17, 15) is 0 Å². The van der Waals surface area contributed by atoms with Crippen LogP contribution in [0.4, 0.5) is 0 Å². The molecule has 0 aliphatic rings. The first kappa shape index (κ1) is 15.0. The van der Waals surface area contributed by atoms with Crippen LogP contribution in [-0.4, -0.2) is 40.0 Å². The molecule has 4 heteroatoms. The highest BCUT2D eigenvalue weighted by Gasteiger charge is 2.04. The molecule has 0 amide bonds. The van der Waals surface area contributed by atoms with Crippen LogP contribution in [0.5, 0.6) is 5.75 Å². The van der Waals surface area contributed by atoms with Crippen molar-refractivity contribution >= 4 is 0 Å². The molecule has 0 aromatic heterocycles. The molecular weight excluding hydrogens is 228 g/mol. The average Bonchev–Trinajstić information content (AvgIpc) is 2.41. The third-order valence-corrected chi connectivity index (χ3v) is 2.77. The van der Waals surface area contributed by atoms with E-state index in [1.165, 1.54) is 5.56 Å². The van der Waals surface area contributed by atoms with Crippen LogP contribution in [0.2, 0.25) is 0 Å². The molecule has 1 unspecified atom stereocenters. The first-order chi connectivity index (χ1) is 8.77. The van der Waals surface area contributed by atoms with Crippen molar-refractivity contribution in [3.63, 3.8) is 0 Å². The first-order valence-corrected chi connectivity index (χ1v) is 6.33. The fourth-order valence-corrected chi connectivity index (χ4v) is 1.70. The topological polar surface area (TPSA) is 42.5 Å². The van der Waals surface area contributed by atoms with Crippen LogP contribution in [0.1, 0.15) is 12.5 Å². The Bertz CT molecular complexity index is 331. The number of para-hydroxylation sites is 1. The minimum atomic E-state index is 0.409. The third-order valence-electron chi connectivity index (χ3n) is 2.77. The monoisotopic (exact) mass is 252 g/mol. The van der Waals surface area contributed by atoms with E-state index in [1.54, 1.807) is 14.2 Å². The second kappa shape index (κ2) is 8.91. The van der Waals surface area contributed by atoms with Gasteiger partial charge in [0.05, 0.1) is 13.7 Å². The summed E-state index contributed by atoms with van der Waals surface area (Å²) in [6.45, 7) is 5.54. The van der Waals surface area contributed by atoms with Gasteiger partial charge in [0.1, 0.15) is 5.75 Å². The van der Waals surface area contributed by atoms with Crippen LogP contribution < -0.4 is 15.4 Å². The van der Waals surface area contributed by atoms with E-state index in [-0.39, 0.29) is 0 Å². The van der Waals surface area contributed by atoms with Crippen LogP contribution in [0, 0.1) is 0 Å². The van der Waals surface area contributed by atoms with E-state index in [0.717, 1.165) is 32.0 Å². The second-order valence-corrected chi connectivity index (χ2v) is 4.29. The summed E-state index contributed by atoms with van der Waals surface area (Å²) >= 11 is 0. The summed E-state index contributed by atoms with van der Waals surface area (Å²) < 4.78 is 10.3. The van der Waals surface area contributed by atoms with Crippen molar-refractivity contribution in [2.75, 3.05) is 33.9 Å². The Labute approximate surface area is 110 Å². The molecule has 1 aromatic rings. The highest BCUT2D eigenvalue weighted by molar-refractivity contribution is 5.32. The molecule has 4 nitrogen and oxygen atoms in total. The lowest BCUT2D eigenvalue weighted by atomic mass is 10.2. The minimum absolute atomic E-state index is 0.409. The standard InChI is InChI=1S/C14H24N2O2/c1-12(10-15-8-9-17-2)16-11-13-6-4-5-7-14(13)18-3/h4-7,12,15-16H,8-11H2,1-3H3. The predicted octanol–water partition coefficient (Wildman–Crippen LogP) is 1.41. The molecule has 1 rings (SSSR count). The molecule has 0 bridgehead atoms. The lowest BCUT2D eigenvalue weighted by molar-refractivity contribution is 0.198. The van der Waals surface area contributed by atoms with Crippen molar-refractivity contribution in [3.8, 4) is 5.75 Å².